The van der Waals surface area contributed by atoms with Gasteiger partial charge in [-0.2, -0.15) is 0 Å². The second-order valence-electron chi connectivity index (χ2n) is 9.74. The molecule has 1 N–H and O–H groups in total. The van der Waals surface area contributed by atoms with Crippen LogP contribution in [0.1, 0.15) is 45.6 Å². The van der Waals surface area contributed by atoms with E-state index in [9.17, 15) is 0 Å². The Labute approximate surface area is 170 Å². The predicted octanol–water partition coefficient (Wildman–Crippen LogP) is 4.69. The lowest BCUT2D eigenvalue weighted by Crippen LogP contribution is -2.40. The lowest BCUT2D eigenvalue weighted by molar-refractivity contribution is -0.0153. The third-order valence-electron chi connectivity index (χ3n) is 6.61. The summed E-state index contributed by atoms with van der Waals surface area (Å²) >= 11 is 0. The maximum absolute atomic E-state index is 15.2. The Bertz CT molecular complexity index is 656. The fourth-order valence-electron chi connectivity index (χ4n) is 3.66. The lowest BCUT2D eigenvalue weighted by Gasteiger charge is -2.36. The number of hydrogen-bond acceptors (Lipinski definition) is 4. The van der Waals surface area contributed by atoms with Crippen molar-refractivity contribution in [2.24, 2.45) is 0 Å². The molecule has 0 spiro atoms. The zero-order valence-corrected chi connectivity index (χ0v) is 19.2. The largest absolute Gasteiger partial charge is 0.412 e. The van der Waals surface area contributed by atoms with Gasteiger partial charge < -0.3 is 19.4 Å². The van der Waals surface area contributed by atoms with Crippen molar-refractivity contribution in [3.63, 3.8) is 0 Å². The van der Waals surface area contributed by atoms with Crippen molar-refractivity contribution in [3.05, 3.63) is 29.6 Å². The summed E-state index contributed by atoms with van der Waals surface area (Å²) in [6.07, 6.45) is 3.67. The first-order valence-corrected chi connectivity index (χ1v) is 13.6. The van der Waals surface area contributed by atoms with Crippen molar-refractivity contribution in [2.75, 3.05) is 31.1 Å². The van der Waals surface area contributed by atoms with E-state index in [1.165, 1.54) is 0 Å². The predicted molar refractivity (Wildman–Crippen MR) is 116 cm³/mol. The highest BCUT2D eigenvalue weighted by Gasteiger charge is 2.37. The average Bonchev–Trinajstić information content (AvgIpc) is 3.09. The Morgan fingerprint density at radius 3 is 2.54 bits per heavy atom. The smallest absolute Gasteiger partial charge is 0.192 e. The van der Waals surface area contributed by atoms with Crippen molar-refractivity contribution in [1.29, 1.82) is 0 Å². The Morgan fingerprint density at radius 2 is 1.86 bits per heavy atom. The molecule has 1 aromatic carbocycles. The van der Waals surface area contributed by atoms with E-state index in [1.54, 1.807) is 0 Å². The quantitative estimate of drug-likeness (QED) is 0.692. The van der Waals surface area contributed by atoms with Crippen molar-refractivity contribution >= 4 is 14.0 Å². The molecule has 0 aliphatic carbocycles. The van der Waals surface area contributed by atoms with Crippen LogP contribution in [-0.2, 0) is 15.8 Å². The molecule has 0 amide bonds. The third-order valence-corrected chi connectivity index (χ3v) is 11.1. The minimum atomic E-state index is -1.90. The molecule has 0 unspecified atom stereocenters. The first kappa shape index (κ1) is 21.7. The van der Waals surface area contributed by atoms with Gasteiger partial charge in [-0.3, -0.25) is 0 Å². The minimum Gasteiger partial charge on any atom is -0.412 e. The van der Waals surface area contributed by atoms with Crippen molar-refractivity contribution < 1.29 is 13.6 Å². The van der Waals surface area contributed by atoms with Crippen LogP contribution in [0.3, 0.4) is 0 Å². The monoisotopic (exact) mass is 408 g/mol. The highest BCUT2D eigenvalue weighted by Crippen LogP contribution is 2.37. The van der Waals surface area contributed by atoms with Crippen LogP contribution in [0.4, 0.5) is 10.1 Å². The van der Waals surface area contributed by atoms with Crippen LogP contribution in [-0.4, -0.2) is 46.7 Å². The summed E-state index contributed by atoms with van der Waals surface area (Å²) in [5.41, 5.74) is 1.35. The summed E-state index contributed by atoms with van der Waals surface area (Å²) in [5.74, 6) is -0.135. The summed E-state index contributed by atoms with van der Waals surface area (Å²) in [6.45, 7) is 15.1. The van der Waals surface area contributed by atoms with Gasteiger partial charge in [0.25, 0.3) is 0 Å². The first-order chi connectivity index (χ1) is 13.2. The van der Waals surface area contributed by atoms with Gasteiger partial charge in [0.15, 0.2) is 14.1 Å². The van der Waals surface area contributed by atoms with Crippen LogP contribution in [0.5, 0.6) is 0 Å². The number of piperidine rings is 1. The summed E-state index contributed by atoms with van der Waals surface area (Å²) in [6, 6.07) is 5.69. The van der Waals surface area contributed by atoms with Crippen LogP contribution < -0.4 is 10.2 Å². The molecule has 0 radical (unpaired) electrons. The minimum absolute atomic E-state index is 0.120. The average molecular weight is 409 g/mol. The number of rotatable bonds is 6. The molecule has 2 heterocycles. The first-order valence-electron chi connectivity index (χ1n) is 10.7. The normalized spacial score (nSPS) is 22.1. The number of anilines is 1. The molecule has 158 valence electrons. The molecule has 0 saturated carbocycles. The maximum atomic E-state index is 15.2. The van der Waals surface area contributed by atoms with E-state index in [0.717, 1.165) is 45.4 Å². The molecule has 6 heteroatoms. The van der Waals surface area contributed by atoms with E-state index in [0.29, 0.717) is 24.0 Å². The number of nitrogens with zero attached hydrogens (tertiary/aromatic N) is 1. The van der Waals surface area contributed by atoms with Gasteiger partial charge in [-0.15, -0.1) is 0 Å². The summed E-state index contributed by atoms with van der Waals surface area (Å²) in [4.78, 5) is 2.14. The van der Waals surface area contributed by atoms with Gasteiger partial charge in [-0.05, 0) is 56.6 Å². The van der Waals surface area contributed by atoms with Gasteiger partial charge in [-0.1, -0.05) is 32.9 Å². The zero-order valence-electron chi connectivity index (χ0n) is 18.2. The van der Waals surface area contributed by atoms with E-state index >= 15 is 4.39 Å². The number of ether oxygens (including phenoxy) is 1. The molecule has 0 bridgehead atoms. The van der Waals surface area contributed by atoms with E-state index < -0.39 is 8.32 Å². The van der Waals surface area contributed by atoms with Crippen LogP contribution >= 0.6 is 0 Å². The van der Waals surface area contributed by atoms with Gasteiger partial charge >= 0.3 is 0 Å². The van der Waals surface area contributed by atoms with E-state index in [4.69, 9.17) is 9.16 Å². The molecule has 1 atom stereocenters. The molecule has 2 fully saturated rings. The van der Waals surface area contributed by atoms with Gasteiger partial charge in [-0.25, -0.2) is 4.39 Å². The van der Waals surface area contributed by atoms with Crippen LogP contribution in [0, 0.1) is 5.82 Å². The molecule has 2 aliphatic rings. The summed E-state index contributed by atoms with van der Waals surface area (Å²) in [5, 5.41) is 3.49. The van der Waals surface area contributed by atoms with Crippen molar-refractivity contribution in [3.8, 4) is 0 Å². The number of benzene rings is 1. The molecule has 3 rings (SSSR count). The summed E-state index contributed by atoms with van der Waals surface area (Å²) in [7, 11) is -1.90. The topological polar surface area (TPSA) is 33.7 Å². The second kappa shape index (κ2) is 8.82. The fourth-order valence-corrected chi connectivity index (χ4v) is 4.61. The number of hydrogen-bond donors (Lipinski definition) is 1. The van der Waals surface area contributed by atoms with E-state index in [2.05, 4.69) is 44.1 Å². The van der Waals surface area contributed by atoms with E-state index in [1.807, 2.05) is 18.2 Å². The highest BCUT2D eigenvalue weighted by atomic mass is 28.4. The highest BCUT2D eigenvalue weighted by molar-refractivity contribution is 6.74. The van der Waals surface area contributed by atoms with Gasteiger partial charge in [0.1, 0.15) is 0 Å². The number of nitrogens with one attached hydrogen (secondary N) is 1. The Morgan fingerprint density at radius 1 is 1.14 bits per heavy atom. The van der Waals surface area contributed by atoms with Crippen molar-refractivity contribution in [2.45, 2.75) is 77.0 Å². The summed E-state index contributed by atoms with van der Waals surface area (Å²) < 4.78 is 27.8. The van der Waals surface area contributed by atoms with E-state index in [-0.39, 0.29) is 17.0 Å². The molecule has 4 nitrogen and oxygen atoms in total. The molecule has 1 aromatic rings. The van der Waals surface area contributed by atoms with Gasteiger partial charge in [0.05, 0.1) is 24.5 Å². The standard InChI is InChI=1S/C22H37FN2O2Si/c1-22(2,3)28(4,5)26-16-17-7-6-8-20(21(17)23)25-14-11-19(15-25)27-18-9-12-24-13-10-18/h6-8,18-19,24H,9-16H2,1-5H3/t19-/m1/s1. The molecular formula is C22H37FN2O2Si. The third kappa shape index (κ3) is 5.15. The van der Waals surface area contributed by atoms with Crippen molar-refractivity contribution in [1.82, 2.24) is 5.32 Å². The van der Waals surface area contributed by atoms with Crippen LogP contribution in [0.2, 0.25) is 18.1 Å². The van der Waals surface area contributed by atoms with Crippen LogP contribution in [0.25, 0.3) is 0 Å². The Balaban J connectivity index is 1.61. The van der Waals surface area contributed by atoms with Gasteiger partial charge in [0, 0.05) is 18.7 Å². The molecule has 2 aliphatic heterocycles. The second-order valence-corrected chi connectivity index (χ2v) is 14.6. The molecular weight excluding hydrogens is 371 g/mol. The van der Waals surface area contributed by atoms with Crippen LogP contribution in [0.15, 0.2) is 18.2 Å². The van der Waals surface area contributed by atoms with Gasteiger partial charge in [0.2, 0.25) is 0 Å². The number of halogens is 1. The Kier molecular flexibility index (Phi) is 6.85. The zero-order chi connectivity index (χ0) is 20.4. The lowest BCUT2D eigenvalue weighted by atomic mass is 10.1. The molecule has 0 aromatic heterocycles. The SMILES string of the molecule is CC(C)(C)[Si](C)(C)OCc1cccc(N2CC[C@@H](OC3CCNCC3)C2)c1F. The Hall–Kier alpha value is -0.953. The molecule has 28 heavy (non-hydrogen) atoms. The maximum Gasteiger partial charge on any atom is 0.192 e. The fraction of sp³-hybridized carbons (Fsp3) is 0.727. The molecule has 2 saturated heterocycles.